The molecule has 12 nitrogen and oxygen atoms in total. The van der Waals surface area contributed by atoms with Gasteiger partial charge >= 0.3 is 19.4 Å². The molecule has 5 atom stereocenters. The molecule has 198 valence electrons. The largest absolute Gasteiger partial charge is 0.465 e. The van der Waals surface area contributed by atoms with E-state index in [1.165, 1.54) is 20.0 Å². The summed E-state index contributed by atoms with van der Waals surface area (Å²) in [6.45, 7) is 5.85. The summed E-state index contributed by atoms with van der Waals surface area (Å²) in [6, 6.07) is 9.35. The van der Waals surface area contributed by atoms with Crippen LogP contribution in [0.25, 0.3) is 0 Å². The van der Waals surface area contributed by atoms with Crippen LogP contribution in [0.2, 0.25) is 0 Å². The van der Waals surface area contributed by atoms with Crippen LogP contribution in [0.3, 0.4) is 0 Å². The molecule has 1 saturated heterocycles. The molecule has 0 bridgehead atoms. The molecular formula is C22H29BrN3O9P. The van der Waals surface area contributed by atoms with Gasteiger partial charge in [-0.1, -0.05) is 34.1 Å². The van der Waals surface area contributed by atoms with Crippen LogP contribution < -0.4 is 20.9 Å². The number of ether oxygens (including phenoxy) is 2. The second-order valence-electron chi connectivity index (χ2n) is 8.80. The summed E-state index contributed by atoms with van der Waals surface area (Å²) in [4.78, 5) is 38.3. The van der Waals surface area contributed by atoms with Crippen molar-refractivity contribution in [2.24, 2.45) is 0 Å². The summed E-state index contributed by atoms with van der Waals surface area (Å²) < 4.78 is 35.9. The van der Waals surface area contributed by atoms with Gasteiger partial charge in [-0.3, -0.25) is 23.7 Å². The Balaban J connectivity index is 1.84. The third-order valence-electron chi connectivity index (χ3n) is 5.40. The van der Waals surface area contributed by atoms with Gasteiger partial charge in [0.1, 0.15) is 23.5 Å². The first-order valence-electron chi connectivity index (χ1n) is 11.1. The van der Waals surface area contributed by atoms with Crippen LogP contribution in [0.15, 0.2) is 52.2 Å². The highest BCUT2D eigenvalue weighted by molar-refractivity contribution is 9.10. The fourth-order valence-corrected chi connectivity index (χ4v) is 5.84. The molecule has 0 aliphatic carbocycles. The van der Waals surface area contributed by atoms with Crippen molar-refractivity contribution >= 4 is 29.6 Å². The molecule has 1 aliphatic heterocycles. The summed E-state index contributed by atoms with van der Waals surface area (Å²) in [5, 5.41) is 13.5. The van der Waals surface area contributed by atoms with Crippen molar-refractivity contribution in [1.82, 2.24) is 14.6 Å². The molecule has 3 rings (SSSR count). The van der Waals surface area contributed by atoms with Crippen molar-refractivity contribution in [3.8, 4) is 5.75 Å². The highest BCUT2D eigenvalue weighted by Crippen LogP contribution is 2.49. The summed E-state index contributed by atoms with van der Waals surface area (Å²) in [5.41, 5.74) is -2.77. The highest BCUT2D eigenvalue weighted by atomic mass is 79.9. The van der Waals surface area contributed by atoms with Gasteiger partial charge in [-0.15, -0.1) is 0 Å². The summed E-state index contributed by atoms with van der Waals surface area (Å²) in [7, 11) is -4.24. The number of nitrogens with zero attached hydrogens (tertiary/aromatic N) is 1. The molecular weight excluding hydrogens is 561 g/mol. The minimum atomic E-state index is -4.24. The van der Waals surface area contributed by atoms with Crippen LogP contribution in [0.5, 0.6) is 5.75 Å². The lowest BCUT2D eigenvalue weighted by atomic mass is 10.0. The van der Waals surface area contributed by atoms with Crippen molar-refractivity contribution in [1.29, 1.82) is 0 Å². The van der Waals surface area contributed by atoms with E-state index >= 15 is 0 Å². The average molecular weight is 590 g/mol. The van der Waals surface area contributed by atoms with Gasteiger partial charge in [0.2, 0.25) is 0 Å². The standard InChI is InChI=1S/C22H29BrN3O9P/c1-5-32-19(29)21(2,3)25-36(31,35-14-9-7-6-8-10-14)33-13-15-17(28)22(4,23)18(34-15)26-12-11-16(27)24-20(26)30/h6-12,15,17-18,28H,5,13H2,1-4H3,(H,25,31)(H,24,27,30)/t15-,17-,18-,22-,36?/m1/s1. The molecule has 0 spiro atoms. The number of hydrogen-bond acceptors (Lipinski definition) is 9. The Morgan fingerprint density at radius 1 is 1.31 bits per heavy atom. The number of alkyl halides is 1. The molecule has 1 aromatic carbocycles. The average Bonchev–Trinajstić information content (AvgIpc) is 3.01. The number of para-hydroxylation sites is 1. The van der Waals surface area contributed by atoms with E-state index in [0.29, 0.717) is 0 Å². The van der Waals surface area contributed by atoms with E-state index in [4.69, 9.17) is 18.5 Å². The Kier molecular flexibility index (Phi) is 8.64. The Hall–Kier alpha value is -2.28. The fourth-order valence-electron chi connectivity index (χ4n) is 3.54. The highest BCUT2D eigenvalue weighted by Gasteiger charge is 2.53. The molecule has 1 unspecified atom stereocenters. The Morgan fingerprint density at radius 2 is 1.97 bits per heavy atom. The van der Waals surface area contributed by atoms with Gasteiger partial charge < -0.3 is 19.1 Å². The molecule has 2 aromatic rings. The number of carbonyl (C=O) groups excluding carboxylic acids is 1. The zero-order valence-corrected chi connectivity index (χ0v) is 22.7. The van der Waals surface area contributed by atoms with Crippen molar-refractivity contribution < 1.29 is 33.0 Å². The van der Waals surface area contributed by atoms with Crippen molar-refractivity contribution in [2.45, 2.75) is 56.0 Å². The molecule has 36 heavy (non-hydrogen) atoms. The molecule has 0 amide bonds. The van der Waals surface area contributed by atoms with Crippen LogP contribution in [0.4, 0.5) is 0 Å². The van der Waals surface area contributed by atoms with Gasteiger partial charge in [-0.05, 0) is 39.8 Å². The van der Waals surface area contributed by atoms with E-state index in [1.54, 1.807) is 44.2 Å². The lowest BCUT2D eigenvalue weighted by Crippen LogP contribution is -2.47. The van der Waals surface area contributed by atoms with Gasteiger partial charge in [0.05, 0.1) is 17.5 Å². The van der Waals surface area contributed by atoms with Crippen LogP contribution in [-0.2, 0) is 23.4 Å². The Labute approximate surface area is 215 Å². The molecule has 1 aliphatic rings. The number of halogens is 1. The number of aromatic amines is 1. The Morgan fingerprint density at radius 3 is 2.58 bits per heavy atom. The summed E-state index contributed by atoms with van der Waals surface area (Å²) >= 11 is 3.40. The number of aliphatic hydroxyl groups excluding tert-OH is 1. The first-order valence-corrected chi connectivity index (χ1v) is 13.4. The minimum absolute atomic E-state index is 0.117. The van der Waals surface area contributed by atoms with Gasteiger partial charge in [0.15, 0.2) is 6.23 Å². The lowest BCUT2D eigenvalue weighted by Gasteiger charge is -2.30. The molecule has 1 aromatic heterocycles. The third-order valence-corrected chi connectivity index (χ3v) is 8.03. The zero-order chi connectivity index (χ0) is 26.7. The van der Waals surface area contributed by atoms with Gasteiger partial charge in [0, 0.05) is 12.3 Å². The molecule has 0 saturated carbocycles. The number of H-pyrrole nitrogens is 1. The van der Waals surface area contributed by atoms with Crippen molar-refractivity contribution in [3.05, 3.63) is 63.4 Å². The minimum Gasteiger partial charge on any atom is -0.465 e. The summed E-state index contributed by atoms with van der Waals surface area (Å²) in [6.07, 6.45) is -2.10. The van der Waals surface area contributed by atoms with Gasteiger partial charge in [-0.2, -0.15) is 5.09 Å². The predicted molar refractivity (Wildman–Crippen MR) is 133 cm³/mol. The van der Waals surface area contributed by atoms with Crippen LogP contribution in [0.1, 0.15) is 33.9 Å². The molecule has 3 N–H and O–H groups in total. The topological polar surface area (TPSA) is 158 Å². The number of esters is 1. The van der Waals surface area contributed by atoms with E-state index < -0.39 is 59.9 Å². The zero-order valence-electron chi connectivity index (χ0n) is 20.2. The third kappa shape index (κ3) is 6.34. The second-order valence-corrected chi connectivity index (χ2v) is 12.2. The van der Waals surface area contributed by atoms with Crippen molar-refractivity contribution in [2.75, 3.05) is 13.2 Å². The molecule has 14 heteroatoms. The molecule has 1 fully saturated rings. The fraction of sp³-hybridized carbons (Fsp3) is 0.500. The smallest absolute Gasteiger partial charge is 0.459 e. The van der Waals surface area contributed by atoms with Crippen LogP contribution in [-0.4, -0.2) is 55.9 Å². The number of carbonyl (C=O) groups is 1. The molecule has 2 heterocycles. The van der Waals surface area contributed by atoms with E-state index in [9.17, 15) is 24.1 Å². The maximum absolute atomic E-state index is 13.8. The first-order chi connectivity index (χ1) is 16.8. The maximum atomic E-state index is 13.8. The van der Waals surface area contributed by atoms with E-state index in [0.717, 1.165) is 10.6 Å². The van der Waals surface area contributed by atoms with Crippen LogP contribution in [0, 0.1) is 0 Å². The number of aliphatic hydroxyl groups is 1. The van der Waals surface area contributed by atoms with Gasteiger partial charge in [0.25, 0.3) is 5.56 Å². The van der Waals surface area contributed by atoms with Crippen LogP contribution >= 0.6 is 23.7 Å². The lowest BCUT2D eigenvalue weighted by molar-refractivity contribution is -0.149. The normalized spacial score (nSPS) is 25.8. The SMILES string of the molecule is CCOC(=O)C(C)(C)NP(=O)(OC[C@H]1O[C@@H](n2ccc(=O)[nH]c2=O)[C@](C)(Br)[C@@H]1O)Oc1ccccc1. The van der Waals surface area contributed by atoms with E-state index in [2.05, 4.69) is 26.0 Å². The second kappa shape index (κ2) is 11.0. The first kappa shape index (κ1) is 28.3. The molecule has 0 radical (unpaired) electrons. The quantitative estimate of drug-likeness (QED) is 0.213. The van der Waals surface area contributed by atoms with E-state index in [1.807, 2.05) is 0 Å². The summed E-state index contributed by atoms with van der Waals surface area (Å²) in [5.74, 6) is -0.461. The number of hydrogen-bond donors (Lipinski definition) is 3. The number of rotatable bonds is 10. The number of nitrogens with one attached hydrogen (secondary N) is 2. The van der Waals surface area contributed by atoms with Crippen molar-refractivity contribution in [3.63, 3.8) is 0 Å². The Bertz CT molecular complexity index is 1230. The maximum Gasteiger partial charge on any atom is 0.459 e. The predicted octanol–water partition coefficient (Wildman–Crippen LogP) is 2.08. The van der Waals surface area contributed by atoms with Gasteiger partial charge in [-0.25, -0.2) is 9.36 Å². The van der Waals surface area contributed by atoms with E-state index in [-0.39, 0.29) is 12.4 Å². The monoisotopic (exact) mass is 589 g/mol. The number of aromatic nitrogens is 2. The number of benzene rings is 1.